The Balaban J connectivity index is 0.000000758. The first-order valence-corrected chi connectivity index (χ1v) is 9.79. The summed E-state index contributed by atoms with van der Waals surface area (Å²) in [6, 6.07) is 17.1. The van der Waals surface area contributed by atoms with Crippen LogP contribution in [0.5, 0.6) is 0 Å². The van der Waals surface area contributed by atoms with Crippen LogP contribution in [-0.4, -0.2) is 15.3 Å². The molecule has 3 rings (SSSR count). The number of para-hydroxylation sites is 3. The summed E-state index contributed by atoms with van der Waals surface area (Å²) in [6.45, 7) is 3.64. The molecule has 2 aromatic carbocycles. The largest absolute Gasteiger partial charge is 0.437 e. The molecule has 0 fully saturated rings. The van der Waals surface area contributed by atoms with E-state index >= 15 is 0 Å². The number of rotatable bonds is 4. The van der Waals surface area contributed by atoms with E-state index in [1.807, 2.05) is 54.6 Å². The van der Waals surface area contributed by atoms with Gasteiger partial charge in [-0.2, -0.15) is 0 Å². The van der Waals surface area contributed by atoms with E-state index in [0.717, 1.165) is 16.8 Å². The molecule has 0 bridgehead atoms. The van der Waals surface area contributed by atoms with Crippen LogP contribution in [0.3, 0.4) is 0 Å². The summed E-state index contributed by atoms with van der Waals surface area (Å²) in [4.78, 5) is 17.7. The van der Waals surface area contributed by atoms with E-state index in [-0.39, 0.29) is 5.91 Å². The smallest absolute Gasteiger partial charge is 0.227 e. The number of halogens is 1. The second-order valence-corrected chi connectivity index (χ2v) is 6.74. The molecule has 0 aliphatic carbocycles. The van der Waals surface area contributed by atoms with Crippen LogP contribution in [0.4, 0.5) is 5.69 Å². The van der Waals surface area contributed by atoms with Crippen LogP contribution in [0, 0.1) is 0 Å². The highest BCUT2D eigenvalue weighted by Gasteiger charge is 2.06. The van der Waals surface area contributed by atoms with Gasteiger partial charge >= 0.3 is 0 Å². The molecular weight excluding hydrogens is 439 g/mol. The molecular formula is C21H21IN2O2. The Hall–Kier alpha value is -2.41. The van der Waals surface area contributed by atoms with Gasteiger partial charge in [0.15, 0.2) is 5.58 Å². The molecule has 1 aromatic heterocycles. The Labute approximate surface area is 167 Å². The van der Waals surface area contributed by atoms with Crippen molar-refractivity contribution < 1.29 is 9.21 Å². The lowest BCUT2D eigenvalue weighted by Crippen LogP contribution is -2.21. The number of hydrogen-bond acceptors (Lipinski definition) is 3. The average molecular weight is 460 g/mol. The molecule has 4 nitrogen and oxygen atoms in total. The van der Waals surface area contributed by atoms with Gasteiger partial charge in [-0.3, -0.25) is 9.69 Å². The molecule has 0 aliphatic rings. The standard InChI is InChI=1S/C19H16N2O2.C2H5I/c1-15(22)21(16-9-3-2-4-10-16)14-8-7-13-19-20-17-11-5-6-12-18(17)23-19;1-2-3/h2-14H,1H3;2H2,1H3. The van der Waals surface area contributed by atoms with Crippen LogP contribution in [0.15, 0.2) is 77.4 Å². The van der Waals surface area contributed by atoms with Crippen LogP contribution in [0.2, 0.25) is 0 Å². The molecule has 1 heterocycles. The number of fused-ring (bicyclic) bond motifs is 1. The predicted molar refractivity (Wildman–Crippen MR) is 116 cm³/mol. The first-order chi connectivity index (χ1) is 12.7. The van der Waals surface area contributed by atoms with E-state index in [2.05, 4.69) is 34.5 Å². The van der Waals surface area contributed by atoms with Crippen molar-refractivity contribution in [3.8, 4) is 0 Å². The number of allylic oxidation sites excluding steroid dienone is 2. The number of benzene rings is 2. The molecule has 26 heavy (non-hydrogen) atoms. The van der Waals surface area contributed by atoms with Crippen LogP contribution < -0.4 is 4.90 Å². The van der Waals surface area contributed by atoms with Gasteiger partial charge in [0.2, 0.25) is 11.8 Å². The van der Waals surface area contributed by atoms with Crippen molar-refractivity contribution in [1.29, 1.82) is 0 Å². The second-order valence-electron chi connectivity index (χ2n) is 5.21. The SMILES string of the molecule is CC(=O)N(C=CC=Cc1nc2ccccc2o1)c1ccccc1.CCI. The van der Waals surface area contributed by atoms with Gasteiger partial charge in [0.05, 0.1) is 0 Å². The van der Waals surface area contributed by atoms with Gasteiger partial charge in [0.1, 0.15) is 5.52 Å². The zero-order chi connectivity index (χ0) is 18.8. The topological polar surface area (TPSA) is 46.3 Å². The van der Waals surface area contributed by atoms with Gasteiger partial charge in [0.25, 0.3) is 0 Å². The zero-order valence-electron chi connectivity index (χ0n) is 14.8. The number of nitrogens with zero attached hydrogens (tertiary/aromatic N) is 2. The third-order valence-electron chi connectivity index (χ3n) is 3.27. The fourth-order valence-electron chi connectivity index (χ4n) is 2.20. The number of oxazole rings is 1. The molecule has 134 valence electrons. The van der Waals surface area contributed by atoms with Crippen LogP contribution >= 0.6 is 22.6 Å². The monoisotopic (exact) mass is 460 g/mol. The van der Waals surface area contributed by atoms with E-state index in [9.17, 15) is 4.79 Å². The van der Waals surface area contributed by atoms with E-state index in [0.29, 0.717) is 5.89 Å². The lowest BCUT2D eigenvalue weighted by atomic mass is 10.3. The van der Waals surface area contributed by atoms with Gasteiger partial charge in [-0.05, 0) is 34.8 Å². The maximum atomic E-state index is 11.7. The Morgan fingerprint density at radius 1 is 1.12 bits per heavy atom. The number of anilines is 1. The third kappa shape index (κ3) is 5.84. The average Bonchev–Trinajstić information content (AvgIpc) is 3.05. The van der Waals surface area contributed by atoms with E-state index in [1.165, 1.54) is 11.4 Å². The molecule has 5 heteroatoms. The lowest BCUT2D eigenvalue weighted by molar-refractivity contribution is -0.116. The van der Waals surface area contributed by atoms with Crippen molar-refractivity contribution in [2.24, 2.45) is 0 Å². The molecule has 0 spiro atoms. The maximum absolute atomic E-state index is 11.7. The van der Waals surface area contributed by atoms with Gasteiger partial charge in [0, 0.05) is 24.9 Å². The van der Waals surface area contributed by atoms with Gasteiger partial charge in [-0.15, -0.1) is 0 Å². The normalized spacial score (nSPS) is 10.9. The summed E-state index contributed by atoms with van der Waals surface area (Å²) in [6.07, 6.45) is 7.06. The molecule has 0 saturated carbocycles. The van der Waals surface area contributed by atoms with Crippen LogP contribution in [0.25, 0.3) is 17.2 Å². The minimum Gasteiger partial charge on any atom is -0.437 e. The first-order valence-electron chi connectivity index (χ1n) is 8.27. The summed E-state index contributed by atoms with van der Waals surface area (Å²) < 4.78 is 6.81. The van der Waals surface area contributed by atoms with E-state index < -0.39 is 0 Å². The molecule has 0 radical (unpaired) electrons. The quantitative estimate of drug-likeness (QED) is 0.279. The molecule has 0 aliphatic heterocycles. The molecule has 3 aromatic rings. The Morgan fingerprint density at radius 3 is 2.42 bits per heavy atom. The molecule has 0 saturated heterocycles. The van der Waals surface area contributed by atoms with Gasteiger partial charge < -0.3 is 4.42 Å². The van der Waals surface area contributed by atoms with Gasteiger partial charge in [-0.1, -0.05) is 65.9 Å². The highest BCUT2D eigenvalue weighted by atomic mass is 127. The zero-order valence-corrected chi connectivity index (χ0v) is 17.0. The van der Waals surface area contributed by atoms with Crippen molar-refractivity contribution >= 4 is 51.4 Å². The minimum absolute atomic E-state index is 0.0530. The summed E-state index contributed by atoms with van der Waals surface area (Å²) >= 11 is 2.29. The number of alkyl halides is 1. The fourth-order valence-corrected chi connectivity index (χ4v) is 2.20. The molecule has 0 N–H and O–H groups in total. The third-order valence-corrected chi connectivity index (χ3v) is 3.27. The lowest BCUT2D eigenvalue weighted by Gasteiger charge is -2.15. The van der Waals surface area contributed by atoms with E-state index in [4.69, 9.17) is 4.42 Å². The van der Waals surface area contributed by atoms with Crippen molar-refractivity contribution in [2.45, 2.75) is 13.8 Å². The Bertz CT molecular complexity index is 852. The van der Waals surface area contributed by atoms with Crippen molar-refractivity contribution in [3.63, 3.8) is 0 Å². The molecule has 0 atom stereocenters. The van der Waals surface area contributed by atoms with Gasteiger partial charge in [-0.25, -0.2) is 4.98 Å². The second kappa shape index (κ2) is 10.6. The number of amides is 1. The molecule has 1 amide bonds. The van der Waals surface area contributed by atoms with Crippen molar-refractivity contribution in [2.75, 3.05) is 9.33 Å². The number of carbonyl (C=O) groups is 1. The van der Waals surface area contributed by atoms with Crippen molar-refractivity contribution in [3.05, 3.63) is 78.8 Å². The minimum atomic E-state index is -0.0530. The van der Waals surface area contributed by atoms with Crippen molar-refractivity contribution in [1.82, 2.24) is 4.98 Å². The maximum Gasteiger partial charge on any atom is 0.227 e. The first kappa shape index (κ1) is 19.9. The van der Waals surface area contributed by atoms with Crippen LogP contribution in [0.1, 0.15) is 19.7 Å². The summed E-state index contributed by atoms with van der Waals surface area (Å²) in [7, 11) is 0. The number of carbonyl (C=O) groups excluding carboxylic acids is 1. The fraction of sp³-hybridized carbons (Fsp3) is 0.143. The highest BCUT2D eigenvalue weighted by molar-refractivity contribution is 14.1. The van der Waals surface area contributed by atoms with E-state index in [1.54, 1.807) is 29.3 Å². The van der Waals surface area contributed by atoms with Crippen LogP contribution in [-0.2, 0) is 4.79 Å². The molecule has 0 unspecified atom stereocenters. The number of aromatic nitrogens is 1. The summed E-state index contributed by atoms with van der Waals surface area (Å²) in [5.41, 5.74) is 2.41. The summed E-state index contributed by atoms with van der Waals surface area (Å²) in [5.74, 6) is 0.479. The number of hydrogen-bond donors (Lipinski definition) is 0. The summed E-state index contributed by atoms with van der Waals surface area (Å²) in [5, 5.41) is 0. The predicted octanol–water partition coefficient (Wildman–Crippen LogP) is 5.85. The Morgan fingerprint density at radius 2 is 1.77 bits per heavy atom. The Kier molecular flexibility index (Phi) is 8.08. The highest BCUT2D eigenvalue weighted by Crippen LogP contribution is 2.16.